The van der Waals surface area contributed by atoms with Gasteiger partial charge in [-0.2, -0.15) is 0 Å². The molecule has 6 nitrogen and oxygen atoms in total. The lowest BCUT2D eigenvalue weighted by atomic mass is 10.0. The van der Waals surface area contributed by atoms with Gasteiger partial charge >= 0.3 is 5.97 Å². The number of carbonyl (C=O) groups is 2. The molecule has 2 aromatic carbocycles. The maximum Gasteiger partial charge on any atom is 0.310 e. The highest BCUT2D eigenvalue weighted by Gasteiger charge is 2.36. The fraction of sp³-hybridized carbons (Fsp3) is 0.417. The van der Waals surface area contributed by atoms with Gasteiger partial charge in [0.05, 0.1) is 17.9 Å². The summed E-state index contributed by atoms with van der Waals surface area (Å²) >= 11 is 0. The molecule has 1 fully saturated rings. The van der Waals surface area contributed by atoms with Crippen LogP contribution in [0.25, 0.3) is 11.1 Å². The standard InChI is InChI=1S/C24H29NO5S/c1-3-18(2)25(22-13-14-31(28,29)17-22)23(26)16-30-24(27)15-19-9-11-21(12-10-19)20-7-5-4-6-8-20/h4-12,18,22H,3,13-17H2,1-2H3. The summed E-state index contributed by atoms with van der Waals surface area (Å²) in [4.78, 5) is 26.6. The first kappa shape index (κ1) is 23.0. The smallest absolute Gasteiger partial charge is 0.310 e. The second-order valence-electron chi connectivity index (χ2n) is 8.02. The molecule has 1 amide bonds. The molecule has 1 heterocycles. The predicted octanol–water partition coefficient (Wildman–Crippen LogP) is 3.25. The van der Waals surface area contributed by atoms with Crippen molar-refractivity contribution < 1.29 is 22.7 Å². The van der Waals surface area contributed by atoms with E-state index in [4.69, 9.17) is 4.74 Å². The Hall–Kier alpha value is -2.67. The van der Waals surface area contributed by atoms with Crippen LogP contribution < -0.4 is 0 Å². The SMILES string of the molecule is CCC(C)N(C(=O)COC(=O)Cc1ccc(-c2ccccc2)cc1)C1CCS(=O)(=O)C1. The third kappa shape index (κ3) is 6.17. The van der Waals surface area contributed by atoms with Crippen molar-refractivity contribution in [2.45, 2.75) is 45.2 Å². The van der Waals surface area contributed by atoms with Crippen molar-refractivity contribution in [3.05, 3.63) is 60.2 Å². The van der Waals surface area contributed by atoms with Gasteiger partial charge < -0.3 is 9.64 Å². The maximum absolute atomic E-state index is 12.8. The summed E-state index contributed by atoms with van der Waals surface area (Å²) in [6, 6.07) is 17.1. The van der Waals surface area contributed by atoms with Crippen LogP contribution in [-0.2, 0) is 30.6 Å². The number of hydrogen-bond acceptors (Lipinski definition) is 5. The molecule has 166 valence electrons. The van der Waals surface area contributed by atoms with Gasteiger partial charge in [0.15, 0.2) is 16.4 Å². The average Bonchev–Trinajstić information content (AvgIpc) is 3.12. The number of ether oxygens (including phenoxy) is 1. The van der Waals surface area contributed by atoms with E-state index in [-0.39, 0.29) is 42.5 Å². The number of sulfone groups is 1. The molecule has 2 atom stereocenters. The molecule has 0 spiro atoms. The summed E-state index contributed by atoms with van der Waals surface area (Å²) in [5, 5.41) is 0. The molecule has 1 aliphatic heterocycles. The maximum atomic E-state index is 12.8. The number of nitrogens with zero attached hydrogens (tertiary/aromatic N) is 1. The first-order chi connectivity index (χ1) is 14.8. The number of benzene rings is 2. The molecule has 0 bridgehead atoms. The highest BCUT2D eigenvalue weighted by molar-refractivity contribution is 7.91. The van der Waals surface area contributed by atoms with Crippen LogP contribution in [0.1, 0.15) is 32.3 Å². The minimum absolute atomic E-state index is 0.0230. The highest BCUT2D eigenvalue weighted by Crippen LogP contribution is 2.22. The first-order valence-electron chi connectivity index (χ1n) is 10.6. The van der Waals surface area contributed by atoms with E-state index in [0.29, 0.717) is 12.8 Å². The minimum atomic E-state index is -3.11. The van der Waals surface area contributed by atoms with E-state index in [1.807, 2.05) is 68.4 Å². The van der Waals surface area contributed by atoms with Crippen molar-refractivity contribution in [3.8, 4) is 11.1 Å². The molecule has 1 saturated heterocycles. The van der Waals surface area contributed by atoms with Crippen molar-refractivity contribution >= 4 is 21.7 Å². The Bertz CT molecular complexity index is 1000. The second kappa shape index (κ2) is 10.1. The fourth-order valence-corrected chi connectivity index (χ4v) is 5.59. The number of rotatable bonds is 8. The molecule has 3 rings (SSSR count). The largest absolute Gasteiger partial charge is 0.455 e. The van der Waals surface area contributed by atoms with Gasteiger partial charge in [-0.1, -0.05) is 61.5 Å². The lowest BCUT2D eigenvalue weighted by molar-refractivity contribution is -0.153. The Kier molecular flexibility index (Phi) is 7.49. The van der Waals surface area contributed by atoms with E-state index >= 15 is 0 Å². The van der Waals surface area contributed by atoms with Crippen molar-refractivity contribution in [3.63, 3.8) is 0 Å². The molecule has 0 aromatic heterocycles. The summed E-state index contributed by atoms with van der Waals surface area (Å²) in [5.41, 5.74) is 2.96. The van der Waals surface area contributed by atoms with E-state index in [1.54, 1.807) is 4.90 Å². The van der Waals surface area contributed by atoms with Gasteiger partial charge in [0, 0.05) is 12.1 Å². The topological polar surface area (TPSA) is 80.8 Å². The van der Waals surface area contributed by atoms with Crippen LogP contribution in [0.2, 0.25) is 0 Å². The van der Waals surface area contributed by atoms with Gasteiger partial charge in [-0.15, -0.1) is 0 Å². The average molecular weight is 444 g/mol. The van der Waals surface area contributed by atoms with Gasteiger partial charge in [-0.25, -0.2) is 8.42 Å². The lowest BCUT2D eigenvalue weighted by Crippen LogP contribution is -2.48. The van der Waals surface area contributed by atoms with Crippen molar-refractivity contribution in [2.75, 3.05) is 18.1 Å². The van der Waals surface area contributed by atoms with E-state index in [1.165, 1.54) is 0 Å². The molecule has 0 saturated carbocycles. The zero-order valence-electron chi connectivity index (χ0n) is 18.0. The summed E-state index contributed by atoms with van der Waals surface area (Å²) < 4.78 is 28.9. The Morgan fingerprint density at radius 2 is 1.71 bits per heavy atom. The molecule has 0 radical (unpaired) electrons. The summed E-state index contributed by atoms with van der Waals surface area (Å²) in [7, 11) is -3.11. The van der Waals surface area contributed by atoms with Crippen LogP contribution in [0.15, 0.2) is 54.6 Å². The Morgan fingerprint density at radius 1 is 1.06 bits per heavy atom. The van der Waals surface area contributed by atoms with Crippen molar-refractivity contribution in [1.82, 2.24) is 4.90 Å². The zero-order valence-corrected chi connectivity index (χ0v) is 18.8. The Labute approximate surface area is 184 Å². The number of carbonyl (C=O) groups excluding carboxylic acids is 2. The van der Waals surface area contributed by atoms with Crippen LogP contribution in [0.5, 0.6) is 0 Å². The van der Waals surface area contributed by atoms with Crippen LogP contribution in [0.4, 0.5) is 0 Å². The zero-order chi connectivity index (χ0) is 22.4. The number of hydrogen-bond donors (Lipinski definition) is 0. The quantitative estimate of drug-likeness (QED) is 0.585. The summed E-state index contributed by atoms with van der Waals surface area (Å²) in [5.74, 6) is -0.755. The third-order valence-corrected chi connectivity index (χ3v) is 7.47. The van der Waals surface area contributed by atoms with Gasteiger partial charge in [0.25, 0.3) is 5.91 Å². The van der Waals surface area contributed by atoms with Crippen LogP contribution in [0, 0.1) is 0 Å². The van der Waals surface area contributed by atoms with E-state index in [9.17, 15) is 18.0 Å². The second-order valence-corrected chi connectivity index (χ2v) is 10.2. The van der Waals surface area contributed by atoms with Crippen molar-refractivity contribution in [1.29, 1.82) is 0 Å². The van der Waals surface area contributed by atoms with Crippen LogP contribution >= 0.6 is 0 Å². The van der Waals surface area contributed by atoms with E-state index < -0.39 is 15.8 Å². The molecule has 0 aliphatic carbocycles. The number of amides is 1. The van der Waals surface area contributed by atoms with Crippen LogP contribution in [-0.4, -0.2) is 55.4 Å². The van der Waals surface area contributed by atoms with Gasteiger partial charge in [0.2, 0.25) is 0 Å². The van der Waals surface area contributed by atoms with E-state index in [2.05, 4.69) is 0 Å². The van der Waals surface area contributed by atoms with Gasteiger partial charge in [0.1, 0.15) is 0 Å². The summed E-state index contributed by atoms with van der Waals surface area (Å²) in [6.07, 6.45) is 1.20. The van der Waals surface area contributed by atoms with Crippen LogP contribution in [0.3, 0.4) is 0 Å². The molecular weight excluding hydrogens is 414 g/mol. The number of esters is 1. The predicted molar refractivity (Wildman–Crippen MR) is 120 cm³/mol. The lowest BCUT2D eigenvalue weighted by Gasteiger charge is -2.33. The molecular formula is C24H29NO5S. The van der Waals surface area contributed by atoms with Gasteiger partial charge in [-0.05, 0) is 36.5 Å². The highest BCUT2D eigenvalue weighted by atomic mass is 32.2. The first-order valence-corrected chi connectivity index (χ1v) is 12.4. The van der Waals surface area contributed by atoms with E-state index in [0.717, 1.165) is 16.7 Å². The fourth-order valence-electron chi connectivity index (χ4n) is 3.88. The summed E-state index contributed by atoms with van der Waals surface area (Å²) in [6.45, 7) is 3.46. The van der Waals surface area contributed by atoms with Gasteiger partial charge in [-0.3, -0.25) is 9.59 Å². The molecule has 1 aliphatic rings. The normalized spacial score (nSPS) is 18.3. The molecule has 0 N–H and O–H groups in total. The Balaban J connectivity index is 1.56. The van der Waals surface area contributed by atoms with Crippen molar-refractivity contribution in [2.24, 2.45) is 0 Å². The Morgan fingerprint density at radius 3 is 2.29 bits per heavy atom. The molecule has 31 heavy (non-hydrogen) atoms. The monoisotopic (exact) mass is 443 g/mol. The minimum Gasteiger partial charge on any atom is -0.455 e. The molecule has 2 aromatic rings. The molecule has 7 heteroatoms. The molecule has 2 unspecified atom stereocenters. The third-order valence-electron chi connectivity index (χ3n) is 5.72.